The van der Waals surface area contributed by atoms with Gasteiger partial charge in [-0.2, -0.15) is 4.98 Å². The van der Waals surface area contributed by atoms with Crippen LogP contribution in [0.25, 0.3) is 0 Å². The van der Waals surface area contributed by atoms with Crippen molar-refractivity contribution in [1.82, 2.24) is 20.4 Å². The predicted octanol–water partition coefficient (Wildman–Crippen LogP) is 3.51. The fourth-order valence-electron chi connectivity index (χ4n) is 3.04. The quantitative estimate of drug-likeness (QED) is 0.885. The Bertz CT molecular complexity index is 743. The van der Waals surface area contributed by atoms with E-state index in [-0.39, 0.29) is 29.8 Å². The Balaban J connectivity index is 1.70. The van der Waals surface area contributed by atoms with E-state index in [1.54, 1.807) is 23.1 Å². The van der Waals surface area contributed by atoms with Gasteiger partial charge in [0.15, 0.2) is 5.82 Å². The van der Waals surface area contributed by atoms with E-state index in [1.807, 2.05) is 26.8 Å². The third kappa shape index (κ3) is 3.75. The van der Waals surface area contributed by atoms with Crippen LogP contribution in [0.3, 0.4) is 0 Å². The number of benzene rings is 1. The van der Waals surface area contributed by atoms with E-state index in [1.165, 1.54) is 0 Å². The Kier molecular flexibility index (Phi) is 4.92. The number of urea groups is 1. The van der Waals surface area contributed by atoms with Gasteiger partial charge in [0.2, 0.25) is 5.89 Å². The van der Waals surface area contributed by atoms with Gasteiger partial charge in [0, 0.05) is 12.5 Å². The normalized spacial score (nSPS) is 18.6. The number of carbonyl (C=O) groups is 1. The Morgan fingerprint density at radius 1 is 1.40 bits per heavy atom. The van der Waals surface area contributed by atoms with Crippen LogP contribution in [-0.2, 0) is 0 Å². The highest BCUT2D eigenvalue weighted by atomic mass is 16.5. The largest absolute Gasteiger partial charge is 0.508 e. The summed E-state index contributed by atoms with van der Waals surface area (Å²) in [6, 6.07) is 6.37. The molecule has 1 aliphatic heterocycles. The molecule has 0 aliphatic carbocycles. The zero-order chi connectivity index (χ0) is 18.0. The van der Waals surface area contributed by atoms with Crippen molar-refractivity contribution in [3.05, 3.63) is 41.5 Å². The van der Waals surface area contributed by atoms with Crippen molar-refractivity contribution in [3.8, 4) is 5.75 Å². The maximum Gasteiger partial charge on any atom is 0.318 e. The average Bonchev–Trinajstić information content (AvgIpc) is 3.23. The molecule has 134 valence electrons. The molecule has 0 radical (unpaired) electrons. The van der Waals surface area contributed by atoms with E-state index in [4.69, 9.17) is 4.52 Å². The van der Waals surface area contributed by atoms with Gasteiger partial charge < -0.3 is 19.8 Å². The molecular formula is C18H24N4O3. The number of nitrogens with one attached hydrogen (secondary N) is 1. The lowest BCUT2D eigenvalue weighted by atomic mass is 10.1. The maximum atomic E-state index is 12.7. The number of hydrogen-bond acceptors (Lipinski definition) is 5. The first kappa shape index (κ1) is 17.3. The lowest BCUT2D eigenvalue weighted by molar-refractivity contribution is 0.186. The molecule has 2 atom stereocenters. The second kappa shape index (κ2) is 7.13. The fraction of sp³-hybridized carbons (Fsp3) is 0.500. The number of hydrogen-bond donors (Lipinski definition) is 2. The lowest BCUT2D eigenvalue weighted by Crippen LogP contribution is -2.40. The molecule has 0 bridgehead atoms. The van der Waals surface area contributed by atoms with Crippen molar-refractivity contribution in [2.24, 2.45) is 0 Å². The van der Waals surface area contributed by atoms with Crippen molar-refractivity contribution >= 4 is 6.03 Å². The minimum absolute atomic E-state index is 0.158. The molecule has 2 heterocycles. The number of carbonyl (C=O) groups excluding carboxylic acids is 1. The highest BCUT2D eigenvalue weighted by Gasteiger charge is 2.34. The highest BCUT2D eigenvalue weighted by molar-refractivity contribution is 5.75. The molecule has 25 heavy (non-hydrogen) atoms. The third-order valence-corrected chi connectivity index (χ3v) is 4.47. The monoisotopic (exact) mass is 344 g/mol. The Hall–Kier alpha value is -2.57. The summed E-state index contributed by atoms with van der Waals surface area (Å²) in [6.07, 6.45) is 1.73. The minimum Gasteiger partial charge on any atom is -0.508 e. The van der Waals surface area contributed by atoms with Crippen LogP contribution < -0.4 is 5.32 Å². The topological polar surface area (TPSA) is 91.5 Å². The second-order valence-corrected chi connectivity index (χ2v) is 6.76. The van der Waals surface area contributed by atoms with Crippen LogP contribution in [0.1, 0.15) is 68.9 Å². The molecule has 0 spiro atoms. The SMILES string of the molecule is CC(C)c1nc([C@H]2CCCN2C(=O)N[C@@H](C)c2cccc(O)c2)no1. The summed E-state index contributed by atoms with van der Waals surface area (Å²) < 4.78 is 5.28. The first-order chi connectivity index (χ1) is 12.0. The number of phenols is 1. The molecule has 1 aromatic heterocycles. The molecule has 1 saturated heterocycles. The van der Waals surface area contributed by atoms with Crippen LogP contribution in [0.5, 0.6) is 5.75 Å². The van der Waals surface area contributed by atoms with Crippen LogP contribution in [0.4, 0.5) is 4.79 Å². The van der Waals surface area contributed by atoms with E-state index < -0.39 is 0 Å². The molecule has 0 unspecified atom stereocenters. The molecule has 3 rings (SSSR count). The van der Waals surface area contributed by atoms with Crippen molar-refractivity contribution in [2.45, 2.75) is 51.6 Å². The van der Waals surface area contributed by atoms with Gasteiger partial charge in [0.05, 0.1) is 12.1 Å². The zero-order valence-electron chi connectivity index (χ0n) is 14.8. The summed E-state index contributed by atoms with van der Waals surface area (Å²) in [6.45, 7) is 6.54. The van der Waals surface area contributed by atoms with E-state index in [9.17, 15) is 9.90 Å². The lowest BCUT2D eigenvalue weighted by Gasteiger charge is -2.25. The summed E-state index contributed by atoms with van der Waals surface area (Å²) in [5.41, 5.74) is 0.853. The van der Waals surface area contributed by atoms with Crippen molar-refractivity contribution < 1.29 is 14.4 Å². The summed E-state index contributed by atoms with van der Waals surface area (Å²) >= 11 is 0. The standard InChI is InChI=1S/C18H24N4O3/c1-11(2)17-20-16(21-25-17)15-8-5-9-22(15)18(24)19-12(3)13-6-4-7-14(23)10-13/h4,6-7,10-12,15,23H,5,8-9H2,1-3H3,(H,19,24)/t12-,15+/m0/s1. The van der Waals surface area contributed by atoms with E-state index in [0.717, 1.165) is 18.4 Å². The van der Waals surface area contributed by atoms with Crippen molar-refractivity contribution in [2.75, 3.05) is 6.54 Å². The van der Waals surface area contributed by atoms with Gasteiger partial charge in [-0.3, -0.25) is 0 Å². The molecule has 7 nitrogen and oxygen atoms in total. The molecule has 1 aliphatic rings. The molecule has 0 saturated carbocycles. The smallest absolute Gasteiger partial charge is 0.318 e. The maximum absolute atomic E-state index is 12.7. The molecule has 1 aromatic carbocycles. The second-order valence-electron chi connectivity index (χ2n) is 6.76. The van der Waals surface area contributed by atoms with Gasteiger partial charge in [0.1, 0.15) is 5.75 Å². The average molecular weight is 344 g/mol. The molecular weight excluding hydrogens is 320 g/mol. The zero-order valence-corrected chi connectivity index (χ0v) is 14.8. The molecule has 2 aromatic rings. The molecule has 7 heteroatoms. The molecule has 2 N–H and O–H groups in total. The minimum atomic E-state index is -0.211. The number of phenolic OH excluding ortho intramolecular Hbond substituents is 1. The van der Waals surface area contributed by atoms with Crippen LogP contribution in [0.15, 0.2) is 28.8 Å². The highest BCUT2D eigenvalue weighted by Crippen LogP contribution is 2.31. The first-order valence-electron chi connectivity index (χ1n) is 8.65. The Morgan fingerprint density at radius 2 is 2.20 bits per heavy atom. The van der Waals surface area contributed by atoms with Gasteiger partial charge in [-0.05, 0) is 37.5 Å². The fourth-order valence-corrected chi connectivity index (χ4v) is 3.04. The van der Waals surface area contributed by atoms with Gasteiger partial charge in [-0.1, -0.05) is 31.1 Å². The van der Waals surface area contributed by atoms with Gasteiger partial charge in [0.25, 0.3) is 0 Å². The molecule has 2 amide bonds. The number of nitrogens with zero attached hydrogens (tertiary/aromatic N) is 3. The number of likely N-dealkylation sites (tertiary alicyclic amines) is 1. The Morgan fingerprint density at radius 3 is 2.88 bits per heavy atom. The van der Waals surface area contributed by atoms with Gasteiger partial charge in [-0.15, -0.1) is 0 Å². The summed E-state index contributed by atoms with van der Waals surface area (Å²) in [7, 11) is 0. The summed E-state index contributed by atoms with van der Waals surface area (Å²) in [4.78, 5) is 18.9. The van der Waals surface area contributed by atoms with E-state index in [2.05, 4.69) is 15.5 Å². The van der Waals surface area contributed by atoms with Crippen LogP contribution in [-0.4, -0.2) is 32.7 Å². The third-order valence-electron chi connectivity index (χ3n) is 4.47. The van der Waals surface area contributed by atoms with Crippen molar-refractivity contribution in [3.63, 3.8) is 0 Å². The van der Waals surface area contributed by atoms with Crippen LogP contribution in [0.2, 0.25) is 0 Å². The predicted molar refractivity (Wildman–Crippen MR) is 92.1 cm³/mol. The summed E-state index contributed by atoms with van der Waals surface area (Å²) in [5, 5.41) is 16.6. The first-order valence-corrected chi connectivity index (χ1v) is 8.65. The number of aromatic hydroxyl groups is 1. The van der Waals surface area contributed by atoms with E-state index >= 15 is 0 Å². The van der Waals surface area contributed by atoms with Crippen LogP contribution >= 0.6 is 0 Å². The van der Waals surface area contributed by atoms with Gasteiger partial charge in [-0.25, -0.2) is 4.79 Å². The van der Waals surface area contributed by atoms with Gasteiger partial charge >= 0.3 is 6.03 Å². The number of amides is 2. The molecule has 1 fully saturated rings. The Labute approximate surface area is 147 Å². The van der Waals surface area contributed by atoms with Crippen molar-refractivity contribution in [1.29, 1.82) is 0 Å². The van der Waals surface area contributed by atoms with E-state index in [0.29, 0.717) is 18.3 Å². The summed E-state index contributed by atoms with van der Waals surface area (Å²) in [5.74, 6) is 1.51. The number of aromatic nitrogens is 2. The van der Waals surface area contributed by atoms with Crippen LogP contribution in [0, 0.1) is 0 Å². The number of rotatable bonds is 4.